The Labute approximate surface area is 83.5 Å². The lowest BCUT2D eigenvalue weighted by molar-refractivity contribution is 0.160. The molecule has 1 saturated heterocycles. The fourth-order valence-corrected chi connectivity index (χ4v) is 1.92. The highest BCUT2D eigenvalue weighted by Gasteiger charge is 2.41. The van der Waals surface area contributed by atoms with Crippen molar-refractivity contribution in [1.82, 2.24) is 0 Å². The lowest BCUT2D eigenvalue weighted by Crippen LogP contribution is -2.45. The van der Waals surface area contributed by atoms with Crippen molar-refractivity contribution in [2.75, 3.05) is 19.8 Å². The summed E-state index contributed by atoms with van der Waals surface area (Å²) in [5.41, 5.74) is 6.77. The summed E-state index contributed by atoms with van der Waals surface area (Å²) in [6.07, 6.45) is 0. The van der Waals surface area contributed by atoms with Crippen molar-refractivity contribution in [2.45, 2.75) is 5.54 Å². The molecule has 0 aromatic heterocycles. The van der Waals surface area contributed by atoms with E-state index in [-0.39, 0.29) is 12.5 Å². The number of nitrogens with two attached hydrogens (primary N) is 1. The Balaban J connectivity index is 2.31. The second-order valence-electron chi connectivity index (χ2n) is 3.80. The van der Waals surface area contributed by atoms with Crippen LogP contribution < -0.4 is 5.73 Å². The molecule has 0 amide bonds. The fraction of sp³-hybridized carbons (Fsp3) is 0.455. The van der Waals surface area contributed by atoms with E-state index in [1.807, 2.05) is 30.3 Å². The highest BCUT2D eigenvalue weighted by Crippen LogP contribution is 2.32. The smallest absolute Gasteiger partial charge is 0.0719 e. The zero-order valence-corrected chi connectivity index (χ0v) is 8.02. The van der Waals surface area contributed by atoms with Crippen molar-refractivity contribution in [1.29, 1.82) is 0 Å². The van der Waals surface area contributed by atoms with Crippen molar-refractivity contribution in [2.24, 2.45) is 11.7 Å². The van der Waals surface area contributed by atoms with Crippen LogP contribution in [0.2, 0.25) is 0 Å². The third-order valence-corrected chi connectivity index (χ3v) is 2.92. The first-order chi connectivity index (χ1) is 6.77. The van der Waals surface area contributed by atoms with E-state index in [1.165, 1.54) is 0 Å². The summed E-state index contributed by atoms with van der Waals surface area (Å²) < 4.78 is 5.33. The molecule has 0 saturated carbocycles. The molecule has 1 aliphatic heterocycles. The molecule has 76 valence electrons. The zero-order chi connectivity index (χ0) is 10.0. The predicted octanol–water partition coefficient (Wildman–Crippen LogP) is 0.479. The molecule has 0 radical (unpaired) electrons. The third kappa shape index (κ3) is 1.43. The number of hydrogen-bond donors (Lipinski definition) is 2. The van der Waals surface area contributed by atoms with E-state index in [4.69, 9.17) is 10.5 Å². The van der Waals surface area contributed by atoms with Gasteiger partial charge in [-0.15, -0.1) is 0 Å². The van der Waals surface area contributed by atoms with Gasteiger partial charge in [-0.3, -0.25) is 0 Å². The summed E-state index contributed by atoms with van der Waals surface area (Å²) in [4.78, 5) is 0. The third-order valence-electron chi connectivity index (χ3n) is 2.92. The Hall–Kier alpha value is -0.900. The second kappa shape index (κ2) is 3.69. The van der Waals surface area contributed by atoms with Crippen LogP contribution in [0, 0.1) is 5.92 Å². The van der Waals surface area contributed by atoms with Crippen LogP contribution in [0.15, 0.2) is 30.3 Å². The monoisotopic (exact) mass is 193 g/mol. The van der Waals surface area contributed by atoms with Gasteiger partial charge in [0.15, 0.2) is 0 Å². The van der Waals surface area contributed by atoms with E-state index in [2.05, 4.69) is 0 Å². The van der Waals surface area contributed by atoms with Crippen LogP contribution >= 0.6 is 0 Å². The standard InChI is InChI=1S/C11H15NO2/c12-11(8-14-7-10(11)6-13)9-4-2-1-3-5-9/h1-5,10,13H,6-8,12H2/t10-,11-/m1/s1. The molecule has 1 aromatic rings. The van der Waals surface area contributed by atoms with Crippen LogP contribution in [-0.4, -0.2) is 24.9 Å². The predicted molar refractivity (Wildman–Crippen MR) is 53.7 cm³/mol. The minimum Gasteiger partial charge on any atom is -0.396 e. The Bertz CT molecular complexity index is 301. The first-order valence-electron chi connectivity index (χ1n) is 4.80. The van der Waals surface area contributed by atoms with Crippen LogP contribution in [0.25, 0.3) is 0 Å². The van der Waals surface area contributed by atoms with E-state index >= 15 is 0 Å². The average molecular weight is 193 g/mol. The van der Waals surface area contributed by atoms with Crippen LogP contribution in [0.3, 0.4) is 0 Å². The first-order valence-corrected chi connectivity index (χ1v) is 4.80. The Morgan fingerprint density at radius 3 is 2.79 bits per heavy atom. The number of rotatable bonds is 2. The van der Waals surface area contributed by atoms with Crippen LogP contribution in [-0.2, 0) is 10.3 Å². The first kappa shape index (κ1) is 9.65. The van der Waals surface area contributed by atoms with Gasteiger partial charge in [0.05, 0.1) is 25.4 Å². The quantitative estimate of drug-likeness (QED) is 0.718. The molecule has 3 heteroatoms. The van der Waals surface area contributed by atoms with Crippen LogP contribution in [0.1, 0.15) is 5.56 Å². The normalized spacial score (nSPS) is 32.0. The molecule has 14 heavy (non-hydrogen) atoms. The van der Waals surface area contributed by atoms with Crippen LogP contribution in [0.4, 0.5) is 0 Å². The van der Waals surface area contributed by atoms with Gasteiger partial charge < -0.3 is 15.6 Å². The van der Waals surface area contributed by atoms with E-state index in [0.29, 0.717) is 13.2 Å². The number of benzene rings is 1. The summed E-state index contributed by atoms with van der Waals surface area (Å²) in [6, 6.07) is 9.83. The van der Waals surface area contributed by atoms with Gasteiger partial charge in [-0.1, -0.05) is 30.3 Å². The summed E-state index contributed by atoms with van der Waals surface area (Å²) >= 11 is 0. The molecule has 1 heterocycles. The average Bonchev–Trinajstić information content (AvgIpc) is 2.62. The van der Waals surface area contributed by atoms with Gasteiger partial charge >= 0.3 is 0 Å². The minimum absolute atomic E-state index is 0.00454. The van der Waals surface area contributed by atoms with Gasteiger partial charge in [0, 0.05) is 5.92 Å². The molecule has 0 spiro atoms. The Kier molecular flexibility index (Phi) is 2.54. The molecule has 2 atom stereocenters. The van der Waals surface area contributed by atoms with Gasteiger partial charge in [0.25, 0.3) is 0 Å². The Morgan fingerprint density at radius 2 is 2.14 bits per heavy atom. The largest absolute Gasteiger partial charge is 0.396 e. The zero-order valence-electron chi connectivity index (χ0n) is 8.02. The molecule has 1 aromatic carbocycles. The minimum atomic E-state index is -0.518. The number of aliphatic hydroxyl groups is 1. The maximum Gasteiger partial charge on any atom is 0.0719 e. The van der Waals surface area contributed by atoms with Gasteiger partial charge in [-0.2, -0.15) is 0 Å². The van der Waals surface area contributed by atoms with E-state index in [0.717, 1.165) is 5.56 Å². The van der Waals surface area contributed by atoms with Crippen molar-refractivity contribution in [3.8, 4) is 0 Å². The lowest BCUT2D eigenvalue weighted by Gasteiger charge is -2.28. The summed E-state index contributed by atoms with van der Waals surface area (Å²) in [5.74, 6) is 0.00454. The highest BCUT2D eigenvalue weighted by molar-refractivity contribution is 5.26. The summed E-state index contributed by atoms with van der Waals surface area (Å²) in [7, 11) is 0. The summed E-state index contributed by atoms with van der Waals surface area (Å²) in [6.45, 7) is 1.11. The molecule has 1 fully saturated rings. The molecule has 1 aliphatic rings. The molecule has 0 unspecified atom stereocenters. The van der Waals surface area contributed by atoms with Gasteiger partial charge in [0.2, 0.25) is 0 Å². The molecule has 0 bridgehead atoms. The van der Waals surface area contributed by atoms with Crippen molar-refractivity contribution in [3.63, 3.8) is 0 Å². The van der Waals surface area contributed by atoms with E-state index < -0.39 is 5.54 Å². The molecule has 0 aliphatic carbocycles. The summed E-state index contributed by atoms with van der Waals surface area (Å²) in [5, 5.41) is 9.20. The highest BCUT2D eigenvalue weighted by atomic mass is 16.5. The molecular weight excluding hydrogens is 178 g/mol. The number of aliphatic hydroxyl groups excluding tert-OH is 1. The molecular formula is C11H15NO2. The van der Waals surface area contributed by atoms with Gasteiger partial charge in [-0.05, 0) is 5.56 Å². The van der Waals surface area contributed by atoms with Gasteiger partial charge in [-0.25, -0.2) is 0 Å². The molecule has 2 rings (SSSR count). The maximum absolute atomic E-state index is 9.20. The Morgan fingerprint density at radius 1 is 1.43 bits per heavy atom. The number of ether oxygens (including phenoxy) is 1. The van der Waals surface area contributed by atoms with E-state index in [9.17, 15) is 5.11 Å². The van der Waals surface area contributed by atoms with Crippen molar-refractivity contribution >= 4 is 0 Å². The topological polar surface area (TPSA) is 55.5 Å². The van der Waals surface area contributed by atoms with Crippen LogP contribution in [0.5, 0.6) is 0 Å². The second-order valence-corrected chi connectivity index (χ2v) is 3.80. The molecule has 3 nitrogen and oxygen atoms in total. The fourth-order valence-electron chi connectivity index (χ4n) is 1.92. The lowest BCUT2D eigenvalue weighted by atomic mass is 9.82. The SMILES string of the molecule is N[C@@]1(c2ccccc2)COC[C@H]1CO. The van der Waals surface area contributed by atoms with Crippen molar-refractivity contribution in [3.05, 3.63) is 35.9 Å². The number of hydrogen-bond acceptors (Lipinski definition) is 3. The molecule has 3 N–H and O–H groups in total. The van der Waals surface area contributed by atoms with Crippen molar-refractivity contribution < 1.29 is 9.84 Å². The van der Waals surface area contributed by atoms with E-state index in [1.54, 1.807) is 0 Å². The maximum atomic E-state index is 9.20. The van der Waals surface area contributed by atoms with Gasteiger partial charge in [0.1, 0.15) is 0 Å².